The van der Waals surface area contributed by atoms with Crippen LogP contribution in [0, 0.1) is 0 Å². The molecule has 49 heavy (non-hydrogen) atoms. The maximum Gasteiger partial charge on any atom is 0.164 e. The molecule has 0 unspecified atom stereocenters. The molecule has 0 N–H and O–H groups in total. The molecule has 0 aliphatic heterocycles. The Balaban J connectivity index is 1.13. The van der Waals surface area contributed by atoms with Crippen LogP contribution in [0.15, 0.2) is 180 Å². The van der Waals surface area contributed by atoms with Gasteiger partial charge < -0.3 is 4.42 Å². The van der Waals surface area contributed by atoms with Crippen molar-refractivity contribution in [3.63, 3.8) is 0 Å². The van der Waals surface area contributed by atoms with Crippen LogP contribution in [0.3, 0.4) is 0 Å². The third-order valence-electron chi connectivity index (χ3n) is 8.97. The van der Waals surface area contributed by atoms with E-state index in [4.69, 9.17) is 19.4 Å². The summed E-state index contributed by atoms with van der Waals surface area (Å²) in [6.07, 6.45) is 0. The molecule has 2 aromatic heterocycles. The molecule has 4 nitrogen and oxygen atoms in total. The van der Waals surface area contributed by atoms with Gasteiger partial charge in [-0.15, -0.1) is 0 Å². The van der Waals surface area contributed by atoms with Crippen LogP contribution in [-0.2, 0) is 0 Å². The lowest BCUT2D eigenvalue weighted by Crippen LogP contribution is -2.00. The van der Waals surface area contributed by atoms with E-state index in [1.807, 2.05) is 66.7 Å². The van der Waals surface area contributed by atoms with Crippen molar-refractivity contribution in [3.05, 3.63) is 176 Å². The second-order valence-electron chi connectivity index (χ2n) is 12.1. The minimum Gasteiger partial charge on any atom is -0.456 e. The highest BCUT2D eigenvalue weighted by Crippen LogP contribution is 2.38. The van der Waals surface area contributed by atoms with Gasteiger partial charge in [0.05, 0.1) is 0 Å². The second kappa shape index (κ2) is 12.2. The Kier molecular flexibility index (Phi) is 7.10. The van der Waals surface area contributed by atoms with Crippen LogP contribution in [0.4, 0.5) is 0 Å². The van der Waals surface area contributed by atoms with Crippen molar-refractivity contribution >= 4 is 21.9 Å². The van der Waals surface area contributed by atoms with Gasteiger partial charge in [-0.25, -0.2) is 15.0 Å². The van der Waals surface area contributed by atoms with Crippen LogP contribution in [0.1, 0.15) is 0 Å². The van der Waals surface area contributed by atoms with Crippen LogP contribution in [0.5, 0.6) is 0 Å². The zero-order valence-electron chi connectivity index (χ0n) is 26.5. The van der Waals surface area contributed by atoms with Gasteiger partial charge in [0.1, 0.15) is 11.2 Å². The largest absolute Gasteiger partial charge is 0.456 e. The van der Waals surface area contributed by atoms with Gasteiger partial charge in [0.2, 0.25) is 0 Å². The fraction of sp³-hybridized carbons (Fsp3) is 0. The van der Waals surface area contributed by atoms with Crippen molar-refractivity contribution < 1.29 is 4.42 Å². The van der Waals surface area contributed by atoms with Crippen molar-refractivity contribution in [1.29, 1.82) is 0 Å². The van der Waals surface area contributed by atoms with Gasteiger partial charge >= 0.3 is 0 Å². The van der Waals surface area contributed by atoms with E-state index in [9.17, 15) is 0 Å². The highest BCUT2D eigenvalue weighted by Gasteiger charge is 2.17. The van der Waals surface area contributed by atoms with E-state index < -0.39 is 0 Å². The molecule has 0 bridgehead atoms. The van der Waals surface area contributed by atoms with Gasteiger partial charge in [0, 0.05) is 27.5 Å². The lowest BCUT2D eigenvalue weighted by Gasteiger charge is -2.10. The normalized spacial score (nSPS) is 11.3. The fourth-order valence-electron chi connectivity index (χ4n) is 6.47. The Morgan fingerprint density at radius 3 is 1.31 bits per heavy atom. The third-order valence-corrected chi connectivity index (χ3v) is 8.97. The molecule has 0 fully saturated rings. The Morgan fingerprint density at radius 2 is 0.735 bits per heavy atom. The predicted octanol–water partition coefficient (Wildman–Crippen LogP) is 11.8. The molecule has 0 aliphatic rings. The first-order valence-electron chi connectivity index (χ1n) is 16.4. The van der Waals surface area contributed by atoms with Crippen molar-refractivity contribution in [2.45, 2.75) is 0 Å². The molecular formula is C45H29N3O. The molecule has 0 saturated heterocycles. The van der Waals surface area contributed by atoms with Crippen LogP contribution in [0.2, 0.25) is 0 Å². The molecule has 9 aromatic rings. The Morgan fingerprint density at radius 1 is 0.306 bits per heavy atom. The van der Waals surface area contributed by atoms with Crippen LogP contribution in [0.25, 0.3) is 89.5 Å². The molecule has 230 valence electrons. The summed E-state index contributed by atoms with van der Waals surface area (Å²) in [6.45, 7) is 0. The average molecular weight is 628 g/mol. The number of nitrogens with zero attached hydrogens (tertiary/aromatic N) is 3. The van der Waals surface area contributed by atoms with E-state index in [1.165, 1.54) is 11.1 Å². The van der Waals surface area contributed by atoms with Gasteiger partial charge in [-0.2, -0.15) is 0 Å². The standard InChI is InChI=1S/C45H29N3O/c1-4-11-30(12-5-1)31-19-21-32(22-20-31)33-23-25-36(26-24-33)44-46-43(35-15-8-3-9-16-35)47-45(48-44)37-27-28-40-39(29-37)42-38(17-10-18-41(42)49-40)34-13-6-2-7-14-34/h1-29H. The monoisotopic (exact) mass is 627 g/mol. The van der Waals surface area contributed by atoms with E-state index in [2.05, 4.69) is 109 Å². The molecule has 0 atom stereocenters. The summed E-state index contributed by atoms with van der Waals surface area (Å²) in [5.74, 6) is 1.86. The van der Waals surface area contributed by atoms with E-state index >= 15 is 0 Å². The fourth-order valence-corrected chi connectivity index (χ4v) is 6.47. The maximum atomic E-state index is 6.32. The number of furan rings is 1. The molecule has 0 amide bonds. The van der Waals surface area contributed by atoms with Gasteiger partial charge in [-0.05, 0) is 57.6 Å². The van der Waals surface area contributed by atoms with Gasteiger partial charge in [-0.1, -0.05) is 152 Å². The maximum absolute atomic E-state index is 6.32. The zero-order chi connectivity index (χ0) is 32.6. The summed E-state index contributed by atoms with van der Waals surface area (Å²) in [5, 5.41) is 2.10. The number of benzene rings is 7. The van der Waals surface area contributed by atoms with Gasteiger partial charge in [0.15, 0.2) is 17.5 Å². The summed E-state index contributed by atoms with van der Waals surface area (Å²) < 4.78 is 6.32. The first-order chi connectivity index (χ1) is 24.3. The topological polar surface area (TPSA) is 51.8 Å². The Bertz CT molecular complexity index is 2560. The number of fused-ring (bicyclic) bond motifs is 3. The van der Waals surface area contributed by atoms with Crippen molar-refractivity contribution in [1.82, 2.24) is 15.0 Å². The smallest absolute Gasteiger partial charge is 0.164 e. The van der Waals surface area contributed by atoms with Crippen molar-refractivity contribution in [3.8, 4) is 67.5 Å². The first kappa shape index (κ1) is 28.6. The lowest BCUT2D eigenvalue weighted by atomic mass is 9.98. The van der Waals surface area contributed by atoms with E-state index in [0.717, 1.165) is 60.9 Å². The SMILES string of the molecule is c1ccc(-c2ccc(-c3ccc(-c4nc(-c5ccccc5)nc(-c5ccc6oc7cccc(-c8ccccc8)c7c6c5)n4)cc3)cc2)cc1. The zero-order valence-corrected chi connectivity index (χ0v) is 26.5. The molecule has 0 radical (unpaired) electrons. The number of hydrogen-bond donors (Lipinski definition) is 0. The average Bonchev–Trinajstić information content (AvgIpc) is 3.57. The predicted molar refractivity (Wildman–Crippen MR) is 200 cm³/mol. The minimum atomic E-state index is 0.609. The Labute approximate surface area is 284 Å². The van der Waals surface area contributed by atoms with E-state index in [-0.39, 0.29) is 0 Å². The summed E-state index contributed by atoms with van der Waals surface area (Å²) in [6, 6.07) is 60.5. The molecule has 0 spiro atoms. The molecule has 4 heteroatoms. The molecular weight excluding hydrogens is 599 g/mol. The lowest BCUT2D eigenvalue weighted by molar-refractivity contribution is 0.669. The number of hydrogen-bond acceptors (Lipinski definition) is 4. The van der Waals surface area contributed by atoms with Crippen LogP contribution < -0.4 is 0 Å². The first-order valence-corrected chi connectivity index (χ1v) is 16.4. The van der Waals surface area contributed by atoms with Crippen molar-refractivity contribution in [2.24, 2.45) is 0 Å². The van der Waals surface area contributed by atoms with Crippen LogP contribution in [-0.4, -0.2) is 15.0 Å². The van der Waals surface area contributed by atoms with Crippen LogP contribution >= 0.6 is 0 Å². The molecule has 9 rings (SSSR count). The summed E-state index contributed by atoms with van der Waals surface area (Å²) >= 11 is 0. The molecule has 0 aliphatic carbocycles. The summed E-state index contributed by atoms with van der Waals surface area (Å²) in [7, 11) is 0. The quantitative estimate of drug-likeness (QED) is 0.184. The number of rotatable bonds is 6. The van der Waals surface area contributed by atoms with Gasteiger partial charge in [0.25, 0.3) is 0 Å². The highest BCUT2D eigenvalue weighted by atomic mass is 16.3. The Hall–Kier alpha value is -6.65. The second-order valence-corrected chi connectivity index (χ2v) is 12.1. The minimum absolute atomic E-state index is 0.609. The third kappa shape index (κ3) is 5.45. The van der Waals surface area contributed by atoms with E-state index in [1.54, 1.807) is 0 Å². The highest BCUT2D eigenvalue weighted by molar-refractivity contribution is 6.13. The van der Waals surface area contributed by atoms with E-state index in [0.29, 0.717) is 17.5 Å². The summed E-state index contributed by atoms with van der Waals surface area (Å²) in [4.78, 5) is 15.0. The van der Waals surface area contributed by atoms with Gasteiger partial charge in [-0.3, -0.25) is 0 Å². The molecule has 7 aromatic carbocycles. The molecule has 0 saturated carbocycles. The molecule has 2 heterocycles. The summed E-state index contributed by atoms with van der Waals surface area (Å²) in [5.41, 5.74) is 11.4. The number of aromatic nitrogens is 3. The van der Waals surface area contributed by atoms with Crippen molar-refractivity contribution in [2.75, 3.05) is 0 Å².